The van der Waals surface area contributed by atoms with E-state index in [0.29, 0.717) is 43.3 Å². The van der Waals surface area contributed by atoms with E-state index in [4.69, 9.17) is 11.6 Å². The van der Waals surface area contributed by atoms with Crippen LogP contribution in [0, 0.1) is 11.6 Å². The van der Waals surface area contributed by atoms with Gasteiger partial charge >= 0.3 is 0 Å². The van der Waals surface area contributed by atoms with Crippen molar-refractivity contribution < 1.29 is 13.6 Å². The summed E-state index contributed by atoms with van der Waals surface area (Å²) in [5, 5.41) is 3.51. The van der Waals surface area contributed by atoms with Crippen molar-refractivity contribution in [1.82, 2.24) is 15.1 Å². The van der Waals surface area contributed by atoms with E-state index in [0.717, 1.165) is 18.4 Å². The minimum absolute atomic E-state index is 0.0373. The highest BCUT2D eigenvalue weighted by molar-refractivity contribution is 6.31. The Bertz CT molecular complexity index is 845. The molecular weight excluding hydrogens is 396 g/mol. The van der Waals surface area contributed by atoms with Crippen LogP contribution >= 0.6 is 11.6 Å². The smallest absolute Gasteiger partial charge is 0.242 e. The van der Waals surface area contributed by atoms with Crippen molar-refractivity contribution >= 4 is 17.5 Å². The number of halogens is 3. The van der Waals surface area contributed by atoms with Crippen LogP contribution in [-0.2, 0) is 11.3 Å². The fourth-order valence-corrected chi connectivity index (χ4v) is 3.99. The maximum atomic E-state index is 14.1. The first-order valence-electron chi connectivity index (χ1n) is 9.96. The van der Waals surface area contributed by atoms with Crippen LogP contribution in [0.1, 0.15) is 30.0 Å². The van der Waals surface area contributed by atoms with Gasteiger partial charge in [-0.15, -0.1) is 0 Å². The van der Waals surface area contributed by atoms with Gasteiger partial charge in [0.1, 0.15) is 17.7 Å². The molecule has 2 fully saturated rings. The van der Waals surface area contributed by atoms with E-state index in [9.17, 15) is 13.6 Å². The highest BCUT2D eigenvalue weighted by Gasteiger charge is 2.34. The second kappa shape index (κ2) is 8.78. The second-order valence-corrected chi connectivity index (χ2v) is 8.16. The summed E-state index contributed by atoms with van der Waals surface area (Å²) in [6.07, 6.45) is 2.03. The number of benzene rings is 2. The number of piperazine rings is 1. The lowest BCUT2D eigenvalue weighted by molar-refractivity contribution is -0.127. The van der Waals surface area contributed by atoms with Gasteiger partial charge in [0.25, 0.3) is 0 Å². The third-order valence-corrected chi connectivity index (χ3v) is 5.93. The number of carbonyl (C=O) groups excluding carboxylic acids is 1. The molecule has 1 aliphatic heterocycles. The zero-order chi connectivity index (χ0) is 20.4. The molecule has 1 aliphatic carbocycles. The lowest BCUT2D eigenvalue weighted by Gasteiger charge is -2.39. The molecule has 1 N–H and O–H groups in total. The first-order chi connectivity index (χ1) is 14.0. The van der Waals surface area contributed by atoms with E-state index in [1.165, 1.54) is 18.2 Å². The molecule has 2 aliphatic rings. The van der Waals surface area contributed by atoms with Crippen molar-refractivity contribution in [3.63, 3.8) is 0 Å². The Labute approximate surface area is 174 Å². The van der Waals surface area contributed by atoms with Gasteiger partial charge in [0.05, 0.1) is 0 Å². The fraction of sp³-hybridized carbons (Fsp3) is 0.409. The molecule has 4 nitrogen and oxygen atoms in total. The third kappa shape index (κ3) is 4.94. The first kappa shape index (κ1) is 20.3. The van der Waals surface area contributed by atoms with Gasteiger partial charge in [-0.3, -0.25) is 14.6 Å². The predicted octanol–water partition coefficient (Wildman–Crippen LogP) is 3.76. The maximum absolute atomic E-state index is 14.1. The Balaban J connectivity index is 1.44. The van der Waals surface area contributed by atoms with Gasteiger partial charge < -0.3 is 5.32 Å². The van der Waals surface area contributed by atoms with E-state index in [1.54, 1.807) is 24.3 Å². The summed E-state index contributed by atoms with van der Waals surface area (Å²) in [6.45, 7) is 3.14. The van der Waals surface area contributed by atoms with Crippen LogP contribution in [0.2, 0.25) is 5.02 Å². The van der Waals surface area contributed by atoms with Crippen molar-refractivity contribution in [2.24, 2.45) is 0 Å². The number of carbonyl (C=O) groups is 1. The number of rotatable bonds is 6. The predicted molar refractivity (Wildman–Crippen MR) is 109 cm³/mol. The van der Waals surface area contributed by atoms with Gasteiger partial charge in [0, 0.05) is 49.4 Å². The molecule has 0 aromatic heterocycles. The van der Waals surface area contributed by atoms with Crippen LogP contribution in [0.5, 0.6) is 0 Å². The van der Waals surface area contributed by atoms with Crippen LogP contribution in [0.3, 0.4) is 0 Å². The summed E-state index contributed by atoms with van der Waals surface area (Å²) >= 11 is 6.16. The molecule has 1 saturated carbocycles. The average Bonchev–Trinajstić information content (AvgIpc) is 3.52. The maximum Gasteiger partial charge on any atom is 0.242 e. The highest BCUT2D eigenvalue weighted by atomic mass is 35.5. The molecule has 1 unspecified atom stereocenters. The average molecular weight is 420 g/mol. The summed E-state index contributed by atoms with van der Waals surface area (Å²) in [6, 6.07) is 10.7. The van der Waals surface area contributed by atoms with Gasteiger partial charge in [0.15, 0.2) is 0 Å². The standard InChI is InChI=1S/C22H24ClF2N3O/c23-19-2-1-3-20(25)18(19)14-27-10-12-28(13-11-27)21(22(29)26-17-8-9-17)15-4-6-16(24)7-5-15/h1-7,17,21H,8-14H2,(H,26,29). The summed E-state index contributed by atoms with van der Waals surface area (Å²) in [5.74, 6) is -0.653. The molecule has 29 heavy (non-hydrogen) atoms. The topological polar surface area (TPSA) is 35.6 Å². The van der Waals surface area contributed by atoms with Crippen molar-refractivity contribution in [3.05, 3.63) is 70.2 Å². The van der Waals surface area contributed by atoms with Crippen LogP contribution < -0.4 is 5.32 Å². The molecule has 1 atom stereocenters. The zero-order valence-corrected chi connectivity index (χ0v) is 16.8. The fourth-order valence-electron chi connectivity index (χ4n) is 3.77. The lowest BCUT2D eigenvalue weighted by atomic mass is 10.0. The molecule has 0 bridgehead atoms. The van der Waals surface area contributed by atoms with E-state index in [2.05, 4.69) is 15.1 Å². The van der Waals surface area contributed by atoms with Crippen molar-refractivity contribution in [1.29, 1.82) is 0 Å². The molecule has 1 saturated heterocycles. The first-order valence-corrected chi connectivity index (χ1v) is 10.3. The molecule has 2 aromatic carbocycles. The molecule has 154 valence electrons. The summed E-state index contributed by atoms with van der Waals surface area (Å²) in [4.78, 5) is 17.2. The normalized spacial score (nSPS) is 19.1. The largest absolute Gasteiger partial charge is 0.352 e. The monoisotopic (exact) mass is 419 g/mol. The Hall–Kier alpha value is -2.02. The summed E-state index contributed by atoms with van der Waals surface area (Å²) < 4.78 is 27.5. The number of nitrogens with one attached hydrogen (secondary N) is 1. The van der Waals surface area contributed by atoms with E-state index < -0.39 is 6.04 Å². The number of hydrogen-bond donors (Lipinski definition) is 1. The van der Waals surface area contributed by atoms with Gasteiger partial charge in [-0.1, -0.05) is 29.8 Å². The number of amides is 1. The zero-order valence-electron chi connectivity index (χ0n) is 16.1. The summed E-state index contributed by atoms with van der Waals surface area (Å²) in [7, 11) is 0. The number of hydrogen-bond acceptors (Lipinski definition) is 3. The Morgan fingerprint density at radius 2 is 1.76 bits per heavy atom. The highest BCUT2D eigenvalue weighted by Crippen LogP contribution is 2.27. The number of nitrogens with zero attached hydrogens (tertiary/aromatic N) is 2. The Morgan fingerprint density at radius 3 is 2.38 bits per heavy atom. The van der Waals surface area contributed by atoms with E-state index >= 15 is 0 Å². The minimum atomic E-state index is -0.449. The Kier molecular flexibility index (Phi) is 6.13. The van der Waals surface area contributed by atoms with E-state index in [-0.39, 0.29) is 23.6 Å². The van der Waals surface area contributed by atoms with Crippen LogP contribution in [0.25, 0.3) is 0 Å². The van der Waals surface area contributed by atoms with Gasteiger partial charge in [-0.05, 0) is 42.7 Å². The molecule has 0 radical (unpaired) electrons. The van der Waals surface area contributed by atoms with Crippen LogP contribution in [-0.4, -0.2) is 47.9 Å². The minimum Gasteiger partial charge on any atom is -0.352 e. The molecular formula is C22H24ClF2N3O. The molecule has 1 amide bonds. The van der Waals surface area contributed by atoms with Gasteiger partial charge in [-0.2, -0.15) is 0 Å². The lowest BCUT2D eigenvalue weighted by Crippen LogP contribution is -2.51. The molecule has 1 heterocycles. The van der Waals surface area contributed by atoms with E-state index in [1.807, 2.05) is 0 Å². The van der Waals surface area contributed by atoms with Crippen LogP contribution in [0.15, 0.2) is 42.5 Å². The van der Waals surface area contributed by atoms with Crippen molar-refractivity contribution in [2.45, 2.75) is 31.5 Å². The third-order valence-electron chi connectivity index (χ3n) is 5.57. The van der Waals surface area contributed by atoms with Crippen molar-refractivity contribution in [3.8, 4) is 0 Å². The molecule has 2 aromatic rings. The van der Waals surface area contributed by atoms with Crippen LogP contribution in [0.4, 0.5) is 8.78 Å². The van der Waals surface area contributed by atoms with Crippen molar-refractivity contribution in [2.75, 3.05) is 26.2 Å². The molecule has 4 rings (SSSR count). The second-order valence-electron chi connectivity index (χ2n) is 7.75. The SMILES string of the molecule is O=C(NC1CC1)C(c1ccc(F)cc1)N1CCN(Cc2c(F)cccc2Cl)CC1. The quantitative estimate of drug-likeness (QED) is 0.774. The van der Waals surface area contributed by atoms with Gasteiger partial charge in [0.2, 0.25) is 5.91 Å². The Morgan fingerprint density at radius 1 is 1.07 bits per heavy atom. The summed E-state index contributed by atoms with van der Waals surface area (Å²) in [5.41, 5.74) is 1.29. The van der Waals surface area contributed by atoms with Gasteiger partial charge in [-0.25, -0.2) is 8.78 Å². The molecule has 7 heteroatoms. The molecule has 0 spiro atoms.